The van der Waals surface area contributed by atoms with Crippen molar-refractivity contribution in [1.82, 2.24) is 0 Å². The Kier molecular flexibility index (Phi) is 6.50. The number of halogens is 4. The molecule has 0 spiro atoms. The summed E-state index contributed by atoms with van der Waals surface area (Å²) in [6.45, 7) is 1.47. The molecule has 0 unspecified atom stereocenters. The minimum Gasteiger partial charge on any atom is -0.484 e. The van der Waals surface area contributed by atoms with Crippen molar-refractivity contribution in [3.63, 3.8) is 0 Å². The summed E-state index contributed by atoms with van der Waals surface area (Å²) < 4.78 is 49.4. The van der Waals surface area contributed by atoms with Crippen molar-refractivity contribution in [2.75, 3.05) is 12.8 Å². The number of carbonyl (C=O) groups is 1. The Balaban J connectivity index is 0.00000288. The fraction of sp³-hybridized carbons (Fsp3) is 0.267. The Labute approximate surface area is 146 Å². The van der Waals surface area contributed by atoms with E-state index in [0.29, 0.717) is 5.00 Å². The lowest BCUT2D eigenvalue weighted by Crippen LogP contribution is -2.14. The predicted molar refractivity (Wildman–Crippen MR) is 87.8 cm³/mol. The van der Waals surface area contributed by atoms with Crippen molar-refractivity contribution in [3.8, 4) is 5.75 Å². The number of alkyl halides is 3. The van der Waals surface area contributed by atoms with Crippen LogP contribution in [0.1, 0.15) is 33.8 Å². The molecule has 0 saturated carbocycles. The van der Waals surface area contributed by atoms with Crippen LogP contribution >= 0.6 is 23.7 Å². The molecule has 0 aliphatic carbocycles. The third-order valence-electron chi connectivity index (χ3n) is 3.10. The Hall–Kier alpha value is -1.93. The number of anilines is 1. The summed E-state index contributed by atoms with van der Waals surface area (Å²) in [5.41, 5.74) is 4.83. The number of hydrogen-bond acceptors (Lipinski definition) is 5. The number of nitrogen functional groups attached to an aromatic ring is 1. The number of hydrogen-bond donors (Lipinski definition) is 1. The Morgan fingerprint density at radius 2 is 1.92 bits per heavy atom. The van der Waals surface area contributed by atoms with Crippen LogP contribution in [0.4, 0.5) is 18.2 Å². The van der Waals surface area contributed by atoms with E-state index < -0.39 is 23.8 Å². The molecule has 2 N–H and O–H groups in total. The van der Waals surface area contributed by atoms with Crippen molar-refractivity contribution >= 4 is 34.7 Å². The van der Waals surface area contributed by atoms with Gasteiger partial charge in [0.2, 0.25) is 0 Å². The zero-order valence-electron chi connectivity index (χ0n) is 12.7. The van der Waals surface area contributed by atoms with Gasteiger partial charge in [0.15, 0.2) is 4.88 Å². The lowest BCUT2D eigenvalue weighted by atomic mass is 10.0. The van der Waals surface area contributed by atoms with Crippen LogP contribution in [0.3, 0.4) is 0 Å². The molecule has 0 amide bonds. The smallest absolute Gasteiger partial charge is 0.416 e. The first-order valence-electron chi connectivity index (χ1n) is 6.54. The maximum Gasteiger partial charge on any atom is 0.416 e. The van der Waals surface area contributed by atoms with Crippen LogP contribution in [-0.4, -0.2) is 13.1 Å². The minimum absolute atomic E-state index is 0. The first kappa shape index (κ1) is 20.1. The quantitative estimate of drug-likeness (QED) is 0.780. The topological polar surface area (TPSA) is 61.5 Å². The highest BCUT2D eigenvalue weighted by Gasteiger charge is 2.35. The third kappa shape index (κ3) is 4.33. The van der Waals surface area contributed by atoms with Gasteiger partial charge in [-0.25, -0.2) is 4.79 Å². The van der Waals surface area contributed by atoms with E-state index in [9.17, 15) is 18.0 Å². The van der Waals surface area contributed by atoms with Gasteiger partial charge >= 0.3 is 12.1 Å². The van der Waals surface area contributed by atoms with Gasteiger partial charge < -0.3 is 15.2 Å². The molecular formula is C15H15ClF3NO3S. The van der Waals surface area contributed by atoms with E-state index in [2.05, 4.69) is 4.74 Å². The summed E-state index contributed by atoms with van der Waals surface area (Å²) in [7, 11) is 1.20. The molecule has 0 radical (unpaired) electrons. The van der Waals surface area contributed by atoms with Gasteiger partial charge in [-0.05, 0) is 13.0 Å². The maximum absolute atomic E-state index is 13.1. The van der Waals surface area contributed by atoms with Crippen molar-refractivity contribution in [2.24, 2.45) is 0 Å². The van der Waals surface area contributed by atoms with Crippen LogP contribution in [0.15, 0.2) is 30.3 Å². The second kappa shape index (κ2) is 7.76. The van der Waals surface area contributed by atoms with Gasteiger partial charge in [-0.3, -0.25) is 0 Å². The first-order chi connectivity index (χ1) is 10.7. The molecule has 2 rings (SSSR count). The van der Waals surface area contributed by atoms with Gasteiger partial charge in [-0.1, -0.05) is 18.2 Å². The molecule has 1 heterocycles. The molecule has 132 valence electrons. The molecule has 0 bridgehead atoms. The lowest BCUT2D eigenvalue weighted by molar-refractivity contribution is -0.139. The van der Waals surface area contributed by atoms with Gasteiger partial charge in [-0.2, -0.15) is 13.2 Å². The number of esters is 1. The van der Waals surface area contributed by atoms with E-state index in [1.807, 2.05) is 0 Å². The molecular weight excluding hydrogens is 367 g/mol. The van der Waals surface area contributed by atoms with Gasteiger partial charge in [0.05, 0.1) is 17.7 Å². The SMILES string of the molecule is COC(=O)c1sc(N)cc1O[C@H](C)c1ccccc1C(F)(F)F.Cl. The van der Waals surface area contributed by atoms with Crippen LogP contribution in [0, 0.1) is 0 Å². The maximum atomic E-state index is 13.1. The number of benzene rings is 1. The molecule has 0 saturated heterocycles. The van der Waals surface area contributed by atoms with E-state index >= 15 is 0 Å². The molecule has 9 heteroatoms. The van der Waals surface area contributed by atoms with Gasteiger partial charge in [0.25, 0.3) is 0 Å². The summed E-state index contributed by atoms with van der Waals surface area (Å²) in [6.07, 6.45) is -5.42. The van der Waals surface area contributed by atoms with E-state index in [4.69, 9.17) is 10.5 Å². The summed E-state index contributed by atoms with van der Waals surface area (Å²) in [5.74, 6) is -0.554. The molecule has 1 aromatic heterocycles. The molecule has 4 nitrogen and oxygen atoms in total. The highest BCUT2D eigenvalue weighted by molar-refractivity contribution is 7.18. The molecule has 1 atom stereocenters. The molecule has 2 aromatic rings. The van der Waals surface area contributed by atoms with Crippen LogP contribution in [0.5, 0.6) is 5.75 Å². The summed E-state index contributed by atoms with van der Waals surface area (Å²) >= 11 is 0.950. The molecule has 0 fully saturated rings. The van der Waals surface area contributed by atoms with E-state index in [1.54, 1.807) is 0 Å². The average Bonchev–Trinajstić information content (AvgIpc) is 2.86. The lowest BCUT2D eigenvalue weighted by Gasteiger charge is -2.19. The van der Waals surface area contributed by atoms with Gasteiger partial charge in [-0.15, -0.1) is 23.7 Å². The molecule has 0 aliphatic rings. The van der Waals surface area contributed by atoms with Gasteiger partial charge in [0, 0.05) is 11.6 Å². The number of methoxy groups -OCH3 is 1. The fourth-order valence-corrected chi connectivity index (χ4v) is 2.85. The second-order valence-corrected chi connectivity index (χ2v) is 5.76. The summed E-state index contributed by atoms with van der Waals surface area (Å²) in [6, 6.07) is 6.51. The second-order valence-electron chi connectivity index (χ2n) is 4.68. The number of ether oxygens (including phenoxy) is 2. The number of carbonyl (C=O) groups excluding carboxylic acids is 1. The van der Waals surface area contributed by atoms with Crippen molar-refractivity contribution in [3.05, 3.63) is 46.3 Å². The monoisotopic (exact) mass is 381 g/mol. The number of nitrogens with two attached hydrogens (primary N) is 1. The van der Waals surface area contributed by atoms with Crippen LogP contribution in [-0.2, 0) is 10.9 Å². The molecule has 24 heavy (non-hydrogen) atoms. The van der Waals surface area contributed by atoms with Crippen LogP contribution in [0.2, 0.25) is 0 Å². The average molecular weight is 382 g/mol. The van der Waals surface area contributed by atoms with Crippen molar-refractivity contribution in [2.45, 2.75) is 19.2 Å². The fourth-order valence-electron chi connectivity index (χ4n) is 2.08. The Morgan fingerprint density at radius 3 is 2.50 bits per heavy atom. The normalized spacial score (nSPS) is 12.2. The van der Waals surface area contributed by atoms with Crippen molar-refractivity contribution < 1.29 is 27.4 Å². The largest absolute Gasteiger partial charge is 0.484 e. The highest BCUT2D eigenvalue weighted by atomic mass is 35.5. The van der Waals surface area contributed by atoms with Crippen LogP contribution in [0.25, 0.3) is 0 Å². The van der Waals surface area contributed by atoms with E-state index in [-0.39, 0.29) is 28.6 Å². The van der Waals surface area contributed by atoms with Gasteiger partial charge in [0.1, 0.15) is 11.9 Å². The Morgan fingerprint density at radius 1 is 1.29 bits per heavy atom. The van der Waals surface area contributed by atoms with Crippen molar-refractivity contribution in [1.29, 1.82) is 0 Å². The van der Waals surface area contributed by atoms with E-state index in [1.165, 1.54) is 38.3 Å². The summed E-state index contributed by atoms with van der Waals surface area (Å²) in [5, 5.41) is 0.303. The van der Waals surface area contributed by atoms with E-state index in [0.717, 1.165) is 17.4 Å². The minimum atomic E-state index is -4.49. The third-order valence-corrected chi connectivity index (χ3v) is 4.02. The standard InChI is InChI=1S/C15H14F3NO3S.ClH/c1-8(9-5-3-4-6-10(9)15(16,17)18)22-11-7-12(19)23-13(11)14(20)21-2;/h3-8H,19H2,1-2H3;1H/t8-;/m1./s1. The number of rotatable bonds is 4. The molecule has 0 aliphatic heterocycles. The predicted octanol–water partition coefficient (Wildman–Crippen LogP) is 4.70. The number of thiophene rings is 1. The zero-order valence-corrected chi connectivity index (χ0v) is 14.3. The summed E-state index contributed by atoms with van der Waals surface area (Å²) in [4.78, 5) is 11.8. The zero-order chi connectivity index (χ0) is 17.2. The first-order valence-corrected chi connectivity index (χ1v) is 7.36. The van der Waals surface area contributed by atoms with Crippen LogP contribution < -0.4 is 10.5 Å². The Bertz CT molecular complexity index is 718. The highest BCUT2D eigenvalue weighted by Crippen LogP contribution is 2.38. The molecule has 1 aromatic carbocycles.